The highest BCUT2D eigenvalue weighted by atomic mass is 19.1. The van der Waals surface area contributed by atoms with Crippen molar-refractivity contribution < 1.29 is 23.5 Å². The highest BCUT2D eigenvalue weighted by molar-refractivity contribution is 5.99. The van der Waals surface area contributed by atoms with E-state index >= 15 is 0 Å². The van der Waals surface area contributed by atoms with E-state index < -0.39 is 17.6 Å². The number of pyridine rings is 1. The minimum Gasteiger partial charge on any atom is -0.483 e. The molecule has 192 valence electrons. The predicted octanol–water partition coefficient (Wildman–Crippen LogP) is 3.33. The number of rotatable bonds is 6. The standard InChI is InChI=1S/C28H28FN3O5/c1-28(2)16-32-22(37-17-28)14-31-13-21(26(34)30-12-18-8-10-20(29)11-9-18)24(33)25(23(31)27(32)35)36-15-19-6-4-3-5-7-19/h3-11,13,22H,12,14-17H2,1-2H3,(H,30,34)/t22-/m1/s1. The summed E-state index contributed by atoms with van der Waals surface area (Å²) in [6.07, 6.45) is 0.887. The Bertz CT molecular complexity index is 1390. The monoisotopic (exact) mass is 505 g/mol. The SMILES string of the molecule is CC1(C)CO[C@@H]2Cn3cc(C(=O)NCc4ccc(F)cc4)c(=O)c(OCc4ccccc4)c3C(=O)N2C1. The van der Waals surface area contributed by atoms with Gasteiger partial charge in [0.15, 0.2) is 17.7 Å². The van der Waals surface area contributed by atoms with Crippen LogP contribution in [0.5, 0.6) is 5.75 Å². The van der Waals surface area contributed by atoms with Crippen LogP contribution in [-0.4, -0.2) is 40.7 Å². The summed E-state index contributed by atoms with van der Waals surface area (Å²) >= 11 is 0. The largest absolute Gasteiger partial charge is 0.483 e. The number of fused-ring (bicyclic) bond motifs is 2. The first-order chi connectivity index (χ1) is 17.7. The topological polar surface area (TPSA) is 89.9 Å². The van der Waals surface area contributed by atoms with E-state index in [2.05, 4.69) is 5.32 Å². The van der Waals surface area contributed by atoms with E-state index in [1.165, 1.54) is 18.3 Å². The van der Waals surface area contributed by atoms with Gasteiger partial charge < -0.3 is 24.3 Å². The molecule has 9 heteroatoms. The van der Waals surface area contributed by atoms with Crippen molar-refractivity contribution >= 4 is 11.8 Å². The molecule has 1 atom stereocenters. The number of ether oxygens (including phenoxy) is 2. The summed E-state index contributed by atoms with van der Waals surface area (Å²) < 4.78 is 26.7. The van der Waals surface area contributed by atoms with Crippen molar-refractivity contribution in [2.75, 3.05) is 13.2 Å². The Morgan fingerprint density at radius 1 is 1.11 bits per heavy atom. The molecule has 8 nitrogen and oxygen atoms in total. The lowest BCUT2D eigenvalue weighted by molar-refractivity contribution is -0.137. The van der Waals surface area contributed by atoms with Gasteiger partial charge in [0.25, 0.3) is 11.8 Å². The average Bonchev–Trinajstić information content (AvgIpc) is 2.88. The normalized spacial score (nSPS) is 18.1. The van der Waals surface area contributed by atoms with Crippen molar-refractivity contribution in [2.24, 2.45) is 5.41 Å². The van der Waals surface area contributed by atoms with Gasteiger partial charge in [-0.25, -0.2) is 4.39 Å². The molecule has 0 aliphatic carbocycles. The summed E-state index contributed by atoms with van der Waals surface area (Å²) in [7, 11) is 0. The molecule has 0 spiro atoms. The zero-order valence-corrected chi connectivity index (χ0v) is 20.7. The maximum absolute atomic E-state index is 13.6. The number of carbonyl (C=O) groups is 2. The first-order valence-electron chi connectivity index (χ1n) is 12.1. The smallest absolute Gasteiger partial charge is 0.276 e. The first kappa shape index (κ1) is 24.7. The summed E-state index contributed by atoms with van der Waals surface area (Å²) in [6.45, 7) is 5.41. The molecule has 0 bridgehead atoms. The second-order valence-corrected chi connectivity index (χ2v) is 10.1. The van der Waals surface area contributed by atoms with Crippen LogP contribution in [0.3, 0.4) is 0 Å². The van der Waals surface area contributed by atoms with E-state index in [-0.39, 0.29) is 53.8 Å². The van der Waals surface area contributed by atoms with E-state index in [9.17, 15) is 18.8 Å². The molecule has 2 amide bonds. The van der Waals surface area contributed by atoms with Crippen LogP contribution in [0.25, 0.3) is 0 Å². The van der Waals surface area contributed by atoms with Crippen LogP contribution in [0.1, 0.15) is 45.8 Å². The van der Waals surface area contributed by atoms with Gasteiger partial charge in [-0.05, 0) is 23.3 Å². The number of amides is 2. The van der Waals surface area contributed by atoms with Crippen molar-refractivity contribution in [3.05, 3.63) is 99.2 Å². The fourth-order valence-electron chi connectivity index (χ4n) is 4.59. The van der Waals surface area contributed by atoms with Crippen molar-refractivity contribution in [3.63, 3.8) is 0 Å². The van der Waals surface area contributed by atoms with Gasteiger partial charge in [-0.2, -0.15) is 0 Å². The molecule has 3 aromatic rings. The molecule has 1 N–H and O–H groups in total. The number of hydrogen-bond acceptors (Lipinski definition) is 5. The van der Waals surface area contributed by atoms with Gasteiger partial charge in [-0.3, -0.25) is 14.4 Å². The molecule has 2 aliphatic rings. The lowest BCUT2D eigenvalue weighted by Crippen LogP contribution is -2.58. The molecule has 0 saturated carbocycles. The quantitative estimate of drug-likeness (QED) is 0.555. The van der Waals surface area contributed by atoms with Crippen LogP contribution < -0.4 is 15.5 Å². The first-order valence-corrected chi connectivity index (χ1v) is 12.1. The molecule has 0 unspecified atom stereocenters. The Balaban J connectivity index is 1.50. The van der Waals surface area contributed by atoms with Crippen LogP contribution in [0.15, 0.2) is 65.6 Å². The van der Waals surface area contributed by atoms with Crippen LogP contribution in [0.2, 0.25) is 0 Å². The Morgan fingerprint density at radius 2 is 1.84 bits per heavy atom. The summed E-state index contributed by atoms with van der Waals surface area (Å²) in [5, 5.41) is 2.70. The molecular weight excluding hydrogens is 477 g/mol. The minimum absolute atomic E-state index is 0.0580. The molecule has 0 radical (unpaired) electrons. The van der Waals surface area contributed by atoms with Gasteiger partial charge in [0.05, 0.1) is 13.2 Å². The van der Waals surface area contributed by atoms with Crippen LogP contribution in [0.4, 0.5) is 4.39 Å². The fraction of sp³-hybridized carbons (Fsp3) is 0.321. The Labute approximate surface area is 213 Å². The Morgan fingerprint density at radius 3 is 2.57 bits per heavy atom. The molecule has 1 fully saturated rings. The third-order valence-corrected chi connectivity index (χ3v) is 6.50. The Hall–Kier alpha value is -3.98. The number of nitrogens with one attached hydrogen (secondary N) is 1. The number of aromatic nitrogens is 1. The molecule has 1 saturated heterocycles. The zero-order chi connectivity index (χ0) is 26.2. The zero-order valence-electron chi connectivity index (χ0n) is 20.7. The van der Waals surface area contributed by atoms with Crippen molar-refractivity contribution in [1.82, 2.24) is 14.8 Å². The number of hydrogen-bond donors (Lipinski definition) is 1. The predicted molar refractivity (Wildman–Crippen MR) is 134 cm³/mol. The second-order valence-electron chi connectivity index (χ2n) is 10.1. The van der Waals surface area contributed by atoms with Crippen LogP contribution in [0, 0.1) is 11.2 Å². The second kappa shape index (κ2) is 9.82. The molecular formula is C28H28FN3O5. The maximum Gasteiger partial charge on any atom is 0.276 e. The maximum atomic E-state index is 13.6. The van der Waals surface area contributed by atoms with E-state index in [1.807, 2.05) is 44.2 Å². The molecule has 1 aromatic heterocycles. The molecule has 37 heavy (non-hydrogen) atoms. The summed E-state index contributed by atoms with van der Waals surface area (Å²) in [5.74, 6) is -1.53. The third-order valence-electron chi connectivity index (χ3n) is 6.50. The van der Waals surface area contributed by atoms with Crippen molar-refractivity contribution in [1.29, 1.82) is 0 Å². The summed E-state index contributed by atoms with van der Waals surface area (Å²) in [5.41, 5.74) is 0.551. The number of halogens is 1. The van der Waals surface area contributed by atoms with Crippen molar-refractivity contribution in [3.8, 4) is 5.75 Å². The number of carbonyl (C=O) groups excluding carboxylic acids is 2. The number of nitrogens with zero attached hydrogens (tertiary/aromatic N) is 2. The highest BCUT2D eigenvalue weighted by Crippen LogP contribution is 2.32. The van der Waals surface area contributed by atoms with Gasteiger partial charge in [0, 0.05) is 24.7 Å². The van der Waals surface area contributed by atoms with E-state index in [4.69, 9.17) is 9.47 Å². The lowest BCUT2D eigenvalue weighted by atomic mass is 9.91. The highest BCUT2D eigenvalue weighted by Gasteiger charge is 2.43. The fourth-order valence-corrected chi connectivity index (χ4v) is 4.59. The van der Waals surface area contributed by atoms with E-state index in [0.717, 1.165) is 5.56 Å². The average molecular weight is 506 g/mol. The van der Waals surface area contributed by atoms with Gasteiger partial charge in [0.1, 0.15) is 18.0 Å². The molecule has 2 aromatic carbocycles. The van der Waals surface area contributed by atoms with Gasteiger partial charge in [0.2, 0.25) is 5.43 Å². The summed E-state index contributed by atoms with van der Waals surface area (Å²) in [6, 6.07) is 15.0. The van der Waals surface area contributed by atoms with Gasteiger partial charge in [-0.1, -0.05) is 56.3 Å². The lowest BCUT2D eigenvalue weighted by Gasteiger charge is -2.46. The molecule has 5 rings (SSSR count). The third kappa shape index (κ3) is 5.13. The van der Waals surface area contributed by atoms with Crippen LogP contribution >= 0.6 is 0 Å². The Kier molecular flexibility index (Phi) is 6.55. The minimum atomic E-state index is -0.664. The number of benzene rings is 2. The molecule has 3 heterocycles. The van der Waals surface area contributed by atoms with E-state index in [0.29, 0.717) is 18.7 Å². The summed E-state index contributed by atoms with van der Waals surface area (Å²) in [4.78, 5) is 41.9. The van der Waals surface area contributed by atoms with Crippen LogP contribution in [-0.2, 0) is 24.4 Å². The van der Waals surface area contributed by atoms with Crippen molar-refractivity contribution in [2.45, 2.75) is 39.8 Å². The van der Waals surface area contributed by atoms with E-state index in [1.54, 1.807) is 21.6 Å². The van der Waals surface area contributed by atoms with Gasteiger partial charge in [-0.15, -0.1) is 0 Å². The van der Waals surface area contributed by atoms with Gasteiger partial charge >= 0.3 is 0 Å². The molecule has 2 aliphatic heterocycles.